The lowest BCUT2D eigenvalue weighted by Crippen LogP contribution is -2.48. The molecular formula is C18H28N2O4S. The van der Waals surface area contributed by atoms with E-state index in [9.17, 15) is 13.2 Å². The van der Waals surface area contributed by atoms with E-state index in [1.807, 2.05) is 27.7 Å². The highest BCUT2D eigenvalue weighted by Crippen LogP contribution is 2.22. The summed E-state index contributed by atoms with van der Waals surface area (Å²) in [5, 5.41) is 2.94. The van der Waals surface area contributed by atoms with Crippen LogP contribution in [0, 0.1) is 0 Å². The predicted octanol–water partition coefficient (Wildman–Crippen LogP) is 2.40. The highest BCUT2D eigenvalue weighted by atomic mass is 32.2. The van der Waals surface area contributed by atoms with Gasteiger partial charge in [-0.3, -0.25) is 4.79 Å². The van der Waals surface area contributed by atoms with Gasteiger partial charge in [0.05, 0.1) is 17.1 Å². The van der Waals surface area contributed by atoms with Crippen molar-refractivity contribution in [2.45, 2.75) is 63.7 Å². The third-order valence-electron chi connectivity index (χ3n) is 4.44. The summed E-state index contributed by atoms with van der Waals surface area (Å²) in [5.74, 6) is -0.241. The van der Waals surface area contributed by atoms with E-state index in [0.29, 0.717) is 18.7 Å². The molecule has 1 N–H and O–H groups in total. The second-order valence-electron chi connectivity index (χ2n) is 6.59. The molecule has 2 unspecified atom stereocenters. The lowest BCUT2D eigenvalue weighted by Gasteiger charge is -2.34. The van der Waals surface area contributed by atoms with Crippen LogP contribution < -0.4 is 5.32 Å². The van der Waals surface area contributed by atoms with Crippen molar-refractivity contribution < 1.29 is 17.9 Å². The second-order valence-corrected chi connectivity index (χ2v) is 8.53. The van der Waals surface area contributed by atoms with Crippen LogP contribution in [0.5, 0.6) is 0 Å². The zero-order valence-electron chi connectivity index (χ0n) is 15.4. The van der Waals surface area contributed by atoms with Crippen molar-refractivity contribution in [2.75, 3.05) is 13.1 Å². The molecule has 1 aliphatic rings. The Morgan fingerprint density at radius 2 is 1.84 bits per heavy atom. The van der Waals surface area contributed by atoms with Crippen molar-refractivity contribution in [1.82, 2.24) is 9.62 Å². The van der Waals surface area contributed by atoms with E-state index in [0.717, 1.165) is 12.8 Å². The van der Waals surface area contributed by atoms with Crippen LogP contribution in [0.15, 0.2) is 29.2 Å². The zero-order chi connectivity index (χ0) is 18.6. The molecule has 140 valence electrons. The highest BCUT2D eigenvalue weighted by molar-refractivity contribution is 7.89. The summed E-state index contributed by atoms with van der Waals surface area (Å²) in [4.78, 5) is 12.5. The fraction of sp³-hybridized carbons (Fsp3) is 0.611. The minimum Gasteiger partial charge on any atom is -0.373 e. The summed E-state index contributed by atoms with van der Waals surface area (Å²) in [6, 6.07) is 6.34. The van der Waals surface area contributed by atoms with Crippen molar-refractivity contribution in [1.29, 1.82) is 0 Å². The first kappa shape index (κ1) is 19.9. The van der Waals surface area contributed by atoms with Gasteiger partial charge in [0, 0.05) is 24.7 Å². The van der Waals surface area contributed by atoms with Crippen LogP contribution in [-0.4, -0.2) is 50.0 Å². The van der Waals surface area contributed by atoms with Crippen LogP contribution in [-0.2, 0) is 14.8 Å². The molecular weight excluding hydrogens is 340 g/mol. The van der Waals surface area contributed by atoms with Crippen molar-refractivity contribution in [3.63, 3.8) is 0 Å². The van der Waals surface area contributed by atoms with Crippen molar-refractivity contribution in [2.24, 2.45) is 0 Å². The van der Waals surface area contributed by atoms with Gasteiger partial charge in [0.1, 0.15) is 0 Å². The summed E-state index contributed by atoms with van der Waals surface area (Å²) in [6.45, 7) is 8.37. The molecule has 25 heavy (non-hydrogen) atoms. The number of hydrogen-bond donors (Lipinski definition) is 1. The molecule has 1 aromatic rings. The fourth-order valence-electron chi connectivity index (χ4n) is 3.04. The van der Waals surface area contributed by atoms with E-state index in [-0.39, 0.29) is 29.1 Å². The Bertz CT molecular complexity index is 691. The van der Waals surface area contributed by atoms with E-state index < -0.39 is 10.0 Å². The molecule has 0 aromatic heterocycles. The molecule has 0 spiro atoms. The van der Waals surface area contributed by atoms with E-state index >= 15 is 0 Å². The largest absolute Gasteiger partial charge is 0.373 e. The van der Waals surface area contributed by atoms with Crippen molar-refractivity contribution in [3.05, 3.63) is 29.8 Å². The predicted molar refractivity (Wildman–Crippen MR) is 97.0 cm³/mol. The molecule has 0 aliphatic carbocycles. The molecule has 0 bridgehead atoms. The summed E-state index contributed by atoms with van der Waals surface area (Å²) in [6.07, 6.45) is 1.37. The Labute approximate surface area is 150 Å². The second kappa shape index (κ2) is 8.29. The molecule has 6 nitrogen and oxygen atoms in total. The Kier molecular flexibility index (Phi) is 6.59. The van der Waals surface area contributed by atoms with Crippen LogP contribution in [0.25, 0.3) is 0 Å². The number of hydrogen-bond acceptors (Lipinski definition) is 4. The third kappa shape index (κ3) is 4.80. The van der Waals surface area contributed by atoms with Gasteiger partial charge in [0.15, 0.2) is 0 Å². The SMILES string of the molecule is CCC(CC)NC(=O)c1cccc(S(=O)(=O)N2CC(C)OC(C)C2)c1. The normalized spacial score (nSPS) is 22.1. The molecule has 1 amide bonds. The quantitative estimate of drug-likeness (QED) is 0.837. The molecule has 0 radical (unpaired) electrons. The van der Waals surface area contributed by atoms with Crippen molar-refractivity contribution in [3.8, 4) is 0 Å². The van der Waals surface area contributed by atoms with Gasteiger partial charge in [-0.1, -0.05) is 19.9 Å². The maximum absolute atomic E-state index is 12.9. The van der Waals surface area contributed by atoms with Gasteiger partial charge in [-0.05, 0) is 44.9 Å². The lowest BCUT2D eigenvalue weighted by atomic mass is 10.1. The number of benzene rings is 1. The number of carbonyl (C=O) groups excluding carboxylic acids is 1. The molecule has 1 aliphatic heterocycles. The minimum atomic E-state index is -3.65. The molecule has 2 rings (SSSR count). The maximum atomic E-state index is 12.9. The van der Waals surface area contributed by atoms with Gasteiger partial charge in [-0.2, -0.15) is 4.31 Å². The van der Waals surface area contributed by atoms with Crippen molar-refractivity contribution >= 4 is 15.9 Å². The average Bonchev–Trinajstić information content (AvgIpc) is 2.58. The van der Waals surface area contributed by atoms with Gasteiger partial charge >= 0.3 is 0 Å². The minimum absolute atomic E-state index is 0.0914. The summed E-state index contributed by atoms with van der Waals surface area (Å²) < 4.78 is 32.9. The lowest BCUT2D eigenvalue weighted by molar-refractivity contribution is -0.0440. The van der Waals surface area contributed by atoms with Crippen LogP contribution in [0.2, 0.25) is 0 Å². The number of rotatable bonds is 6. The zero-order valence-corrected chi connectivity index (χ0v) is 16.2. The first-order valence-corrected chi connectivity index (χ1v) is 10.3. The van der Waals surface area contributed by atoms with E-state index in [2.05, 4.69) is 5.32 Å². The molecule has 2 atom stereocenters. The molecule has 1 saturated heterocycles. The smallest absolute Gasteiger partial charge is 0.251 e. The number of morpholine rings is 1. The monoisotopic (exact) mass is 368 g/mol. The molecule has 0 saturated carbocycles. The van der Waals surface area contributed by atoms with Gasteiger partial charge < -0.3 is 10.1 Å². The summed E-state index contributed by atoms with van der Waals surface area (Å²) in [7, 11) is -3.65. The number of ether oxygens (including phenoxy) is 1. The van der Waals surface area contributed by atoms with Gasteiger partial charge in [0.2, 0.25) is 10.0 Å². The molecule has 1 heterocycles. The van der Waals surface area contributed by atoms with Gasteiger partial charge in [0.25, 0.3) is 5.91 Å². The Morgan fingerprint density at radius 3 is 2.40 bits per heavy atom. The summed E-state index contributed by atoms with van der Waals surface area (Å²) >= 11 is 0. The van der Waals surface area contributed by atoms with Gasteiger partial charge in [-0.25, -0.2) is 8.42 Å². The van der Waals surface area contributed by atoms with Crippen LogP contribution in [0.4, 0.5) is 0 Å². The van der Waals surface area contributed by atoms with Crippen LogP contribution in [0.1, 0.15) is 50.9 Å². The fourth-order valence-corrected chi connectivity index (χ4v) is 4.67. The molecule has 1 fully saturated rings. The standard InChI is InChI=1S/C18H28N2O4S/c1-5-16(6-2)19-18(21)15-8-7-9-17(10-15)25(22,23)20-11-13(3)24-14(4)12-20/h7-10,13-14,16H,5-6,11-12H2,1-4H3,(H,19,21). The van der Waals surface area contributed by atoms with E-state index in [1.165, 1.54) is 16.4 Å². The maximum Gasteiger partial charge on any atom is 0.251 e. The topological polar surface area (TPSA) is 75.7 Å². The van der Waals surface area contributed by atoms with Crippen LogP contribution in [0.3, 0.4) is 0 Å². The number of amides is 1. The first-order chi connectivity index (χ1) is 11.8. The molecule has 1 aromatic carbocycles. The highest BCUT2D eigenvalue weighted by Gasteiger charge is 2.32. The number of nitrogens with one attached hydrogen (secondary N) is 1. The number of sulfonamides is 1. The average molecular weight is 368 g/mol. The van der Waals surface area contributed by atoms with Gasteiger partial charge in [-0.15, -0.1) is 0 Å². The number of carbonyl (C=O) groups is 1. The third-order valence-corrected chi connectivity index (χ3v) is 6.27. The Balaban J connectivity index is 2.23. The Hall–Kier alpha value is -1.44. The van der Waals surface area contributed by atoms with Crippen LogP contribution >= 0.6 is 0 Å². The number of nitrogens with zero attached hydrogens (tertiary/aromatic N) is 1. The summed E-state index contributed by atoms with van der Waals surface area (Å²) in [5.41, 5.74) is 0.363. The Morgan fingerprint density at radius 1 is 1.24 bits per heavy atom. The first-order valence-electron chi connectivity index (χ1n) is 8.84. The van der Waals surface area contributed by atoms with E-state index in [1.54, 1.807) is 12.1 Å². The van der Waals surface area contributed by atoms with E-state index in [4.69, 9.17) is 4.74 Å². The molecule has 7 heteroatoms.